The Morgan fingerprint density at radius 1 is 1.06 bits per heavy atom. The van der Waals surface area contributed by atoms with Gasteiger partial charge < -0.3 is 9.47 Å². The van der Waals surface area contributed by atoms with Gasteiger partial charge in [-0.1, -0.05) is 48.0 Å². The molecule has 0 N–H and O–H groups in total. The van der Waals surface area contributed by atoms with Crippen LogP contribution >= 0.6 is 11.6 Å². The van der Waals surface area contributed by atoms with Crippen molar-refractivity contribution >= 4 is 27.5 Å². The third kappa shape index (κ3) is 5.08. The number of ether oxygens (including phenoxy) is 2. The summed E-state index contributed by atoms with van der Waals surface area (Å²) in [6.07, 6.45) is 1.29. The number of benzene rings is 3. The molecular formula is C24H20ClNO4S. The first-order chi connectivity index (χ1) is 14.9. The van der Waals surface area contributed by atoms with Crippen molar-refractivity contribution in [2.24, 2.45) is 0 Å². The molecule has 0 fully saturated rings. The maximum Gasteiger partial charge on any atom is 0.216 e. The summed E-state index contributed by atoms with van der Waals surface area (Å²) in [5.74, 6) is 0.788. The number of rotatable bonds is 7. The first-order valence-electron chi connectivity index (χ1n) is 9.33. The molecule has 5 nitrogen and oxygen atoms in total. The number of hydrogen-bond donors (Lipinski definition) is 0. The summed E-state index contributed by atoms with van der Waals surface area (Å²) in [6.45, 7) is 2.24. The van der Waals surface area contributed by atoms with Crippen LogP contribution in [-0.4, -0.2) is 15.5 Å². The molecule has 0 bridgehead atoms. The highest BCUT2D eigenvalue weighted by molar-refractivity contribution is 7.95. The summed E-state index contributed by atoms with van der Waals surface area (Å²) in [4.78, 5) is -0.432. The molecule has 7 heteroatoms. The van der Waals surface area contributed by atoms with Crippen LogP contribution in [0.2, 0.25) is 5.02 Å². The van der Waals surface area contributed by atoms with E-state index < -0.39 is 14.7 Å². The number of nitrogens with zero attached hydrogens (tertiary/aromatic N) is 1. The first-order valence-corrected chi connectivity index (χ1v) is 11.2. The summed E-state index contributed by atoms with van der Waals surface area (Å²) in [5, 5.41) is 10.0. The van der Waals surface area contributed by atoms with E-state index in [4.69, 9.17) is 21.1 Å². The quantitative estimate of drug-likeness (QED) is 0.437. The van der Waals surface area contributed by atoms with E-state index >= 15 is 0 Å². The van der Waals surface area contributed by atoms with Crippen LogP contribution in [0.15, 0.2) is 76.5 Å². The van der Waals surface area contributed by atoms with Crippen molar-refractivity contribution < 1.29 is 17.9 Å². The summed E-state index contributed by atoms with van der Waals surface area (Å²) < 4.78 is 37.3. The lowest BCUT2D eigenvalue weighted by Crippen LogP contribution is -2.04. The molecule has 0 spiro atoms. The molecule has 158 valence electrons. The maximum atomic E-state index is 13.0. The van der Waals surface area contributed by atoms with E-state index in [1.165, 1.54) is 37.5 Å². The minimum Gasteiger partial charge on any atom is -0.493 e. The fourth-order valence-electron chi connectivity index (χ4n) is 2.94. The summed E-state index contributed by atoms with van der Waals surface area (Å²) in [6, 6.07) is 20.3. The van der Waals surface area contributed by atoms with Gasteiger partial charge in [0.1, 0.15) is 17.6 Å². The van der Waals surface area contributed by atoms with E-state index in [0.717, 1.165) is 11.1 Å². The van der Waals surface area contributed by atoms with Gasteiger partial charge in [0.2, 0.25) is 9.84 Å². The molecule has 0 radical (unpaired) electrons. The fraction of sp³-hybridized carbons (Fsp3) is 0.125. The molecule has 0 aliphatic carbocycles. The predicted octanol–water partition coefficient (Wildman–Crippen LogP) is 5.57. The molecule has 31 heavy (non-hydrogen) atoms. The molecule has 0 unspecified atom stereocenters. The van der Waals surface area contributed by atoms with Crippen molar-refractivity contribution in [3.63, 3.8) is 0 Å². The number of sulfone groups is 1. The number of para-hydroxylation sites is 1. The summed E-state index contributed by atoms with van der Waals surface area (Å²) in [7, 11) is -2.53. The largest absolute Gasteiger partial charge is 0.493 e. The molecule has 0 aliphatic heterocycles. The van der Waals surface area contributed by atoms with Crippen molar-refractivity contribution in [3.8, 4) is 17.6 Å². The van der Waals surface area contributed by atoms with Gasteiger partial charge in [-0.15, -0.1) is 0 Å². The number of hydrogen-bond acceptors (Lipinski definition) is 5. The van der Waals surface area contributed by atoms with Gasteiger partial charge in [0.25, 0.3) is 0 Å². The van der Waals surface area contributed by atoms with Crippen LogP contribution in [0.1, 0.15) is 16.7 Å². The maximum absolute atomic E-state index is 13.0. The zero-order valence-electron chi connectivity index (χ0n) is 17.0. The molecule has 0 amide bonds. The first kappa shape index (κ1) is 22.4. The van der Waals surface area contributed by atoms with Gasteiger partial charge in [0.15, 0.2) is 11.5 Å². The Bertz CT molecular complexity index is 1260. The monoisotopic (exact) mass is 453 g/mol. The van der Waals surface area contributed by atoms with Gasteiger partial charge in [0.05, 0.1) is 12.0 Å². The summed E-state index contributed by atoms with van der Waals surface area (Å²) >= 11 is 5.85. The molecule has 0 atom stereocenters. The fourth-order valence-corrected chi connectivity index (χ4v) is 4.21. The standard InChI is InChI=1S/C24H20ClNO4S/c1-17-6-3-4-7-19(17)16-30-24-18(8-5-9-23(24)29-2)14-22(15-26)31(27,28)21-12-10-20(25)11-13-21/h3-14H,16H2,1-2H3. The number of methoxy groups -OCH3 is 1. The van der Waals surface area contributed by atoms with Crippen molar-refractivity contribution in [2.75, 3.05) is 7.11 Å². The van der Waals surface area contributed by atoms with Crippen LogP contribution in [0.3, 0.4) is 0 Å². The topological polar surface area (TPSA) is 76.4 Å². The number of nitriles is 1. The van der Waals surface area contributed by atoms with Gasteiger partial charge >= 0.3 is 0 Å². The van der Waals surface area contributed by atoms with Gasteiger partial charge in [-0.05, 0) is 54.5 Å². The second-order valence-electron chi connectivity index (χ2n) is 6.67. The molecule has 3 rings (SSSR count). The Morgan fingerprint density at radius 2 is 1.77 bits per heavy atom. The molecule has 3 aromatic carbocycles. The highest BCUT2D eigenvalue weighted by Gasteiger charge is 2.22. The lowest BCUT2D eigenvalue weighted by atomic mass is 10.1. The van der Waals surface area contributed by atoms with Crippen LogP contribution in [0, 0.1) is 18.3 Å². The zero-order valence-corrected chi connectivity index (χ0v) is 18.6. The van der Waals surface area contributed by atoms with E-state index in [0.29, 0.717) is 22.1 Å². The lowest BCUT2D eigenvalue weighted by molar-refractivity contribution is 0.283. The van der Waals surface area contributed by atoms with Gasteiger partial charge in [-0.3, -0.25) is 0 Å². The average Bonchev–Trinajstić information content (AvgIpc) is 2.77. The zero-order chi connectivity index (χ0) is 22.4. The predicted molar refractivity (Wildman–Crippen MR) is 121 cm³/mol. The van der Waals surface area contributed by atoms with E-state index in [1.54, 1.807) is 24.3 Å². The Balaban J connectivity index is 2.03. The highest BCUT2D eigenvalue weighted by Crippen LogP contribution is 2.34. The molecular weight excluding hydrogens is 434 g/mol. The van der Waals surface area contributed by atoms with Gasteiger partial charge in [-0.25, -0.2) is 8.42 Å². The third-order valence-corrected chi connectivity index (χ3v) is 6.61. The Labute approximate surface area is 187 Å². The molecule has 0 heterocycles. The number of allylic oxidation sites excluding steroid dienone is 1. The number of aryl methyl sites for hydroxylation is 1. The molecule has 0 aromatic heterocycles. The van der Waals surface area contributed by atoms with Crippen LogP contribution in [0.25, 0.3) is 6.08 Å². The van der Waals surface area contributed by atoms with Gasteiger partial charge in [0, 0.05) is 10.6 Å². The summed E-state index contributed by atoms with van der Waals surface area (Å²) in [5.41, 5.74) is 2.47. The Hall–Kier alpha value is -3.27. The molecule has 0 saturated heterocycles. The SMILES string of the molecule is COc1cccc(C=C(C#N)S(=O)(=O)c2ccc(Cl)cc2)c1OCc1ccccc1C. The molecule has 3 aromatic rings. The van der Waals surface area contributed by atoms with E-state index in [-0.39, 0.29) is 11.5 Å². The van der Waals surface area contributed by atoms with E-state index in [9.17, 15) is 13.7 Å². The van der Waals surface area contributed by atoms with Crippen molar-refractivity contribution in [1.29, 1.82) is 5.26 Å². The van der Waals surface area contributed by atoms with Crippen molar-refractivity contribution in [2.45, 2.75) is 18.4 Å². The smallest absolute Gasteiger partial charge is 0.216 e. The van der Waals surface area contributed by atoms with E-state index in [2.05, 4.69) is 0 Å². The van der Waals surface area contributed by atoms with Crippen molar-refractivity contribution in [3.05, 3.63) is 93.3 Å². The second-order valence-corrected chi connectivity index (χ2v) is 9.03. The molecule has 0 aliphatic rings. The van der Waals surface area contributed by atoms with Crippen LogP contribution < -0.4 is 9.47 Å². The Morgan fingerprint density at radius 3 is 2.42 bits per heavy atom. The van der Waals surface area contributed by atoms with Crippen LogP contribution in [-0.2, 0) is 16.4 Å². The lowest BCUT2D eigenvalue weighted by Gasteiger charge is -2.15. The minimum absolute atomic E-state index is 0.0185. The normalized spacial score (nSPS) is 11.6. The van der Waals surface area contributed by atoms with Crippen LogP contribution in [0.4, 0.5) is 0 Å². The van der Waals surface area contributed by atoms with Crippen molar-refractivity contribution in [1.82, 2.24) is 0 Å². The number of halogens is 1. The minimum atomic E-state index is -4.03. The van der Waals surface area contributed by atoms with E-state index in [1.807, 2.05) is 31.2 Å². The highest BCUT2D eigenvalue weighted by atomic mass is 35.5. The third-order valence-electron chi connectivity index (χ3n) is 4.67. The molecule has 0 saturated carbocycles. The van der Waals surface area contributed by atoms with Crippen LogP contribution in [0.5, 0.6) is 11.5 Å². The van der Waals surface area contributed by atoms with Gasteiger partial charge in [-0.2, -0.15) is 5.26 Å². The Kier molecular flexibility index (Phi) is 7.01. The average molecular weight is 454 g/mol. The second kappa shape index (κ2) is 9.69.